The summed E-state index contributed by atoms with van der Waals surface area (Å²) < 4.78 is 5.07. The van der Waals surface area contributed by atoms with E-state index in [4.69, 9.17) is 11.2 Å². The molecule has 0 spiro atoms. The SMILES string of the molecule is [C-]#CCOCc1ccccc1.[Li+]. The van der Waals surface area contributed by atoms with E-state index in [1.807, 2.05) is 30.3 Å². The first-order valence-corrected chi connectivity index (χ1v) is 3.45. The van der Waals surface area contributed by atoms with Gasteiger partial charge in [-0.05, 0) is 5.56 Å². The summed E-state index contributed by atoms with van der Waals surface area (Å²) in [6.45, 7) is 0.835. The standard InChI is InChI=1S/C10H9O.Li/c1-2-8-11-9-10-6-4-3-5-7-10;/h3-7H,8-9H2;/q-1;+1. The minimum atomic E-state index is 0. The van der Waals surface area contributed by atoms with Crippen LogP contribution in [0.15, 0.2) is 30.3 Å². The topological polar surface area (TPSA) is 9.23 Å². The largest absolute Gasteiger partial charge is 1.00 e. The molecule has 0 N–H and O–H groups in total. The van der Waals surface area contributed by atoms with Crippen LogP contribution < -0.4 is 18.9 Å². The van der Waals surface area contributed by atoms with Gasteiger partial charge >= 0.3 is 18.9 Å². The van der Waals surface area contributed by atoms with Gasteiger partial charge in [-0.2, -0.15) is 0 Å². The van der Waals surface area contributed by atoms with Gasteiger partial charge in [0.15, 0.2) is 0 Å². The maximum atomic E-state index is 6.59. The predicted octanol–water partition coefficient (Wildman–Crippen LogP) is -1.20. The van der Waals surface area contributed by atoms with E-state index in [2.05, 4.69) is 5.92 Å². The molecular weight excluding hydrogens is 143 g/mol. The third-order valence-corrected chi connectivity index (χ3v) is 1.29. The van der Waals surface area contributed by atoms with Gasteiger partial charge in [0.1, 0.15) is 0 Å². The Balaban J connectivity index is 0.00000121. The molecule has 56 valence electrons. The minimum Gasteiger partial charge on any atom is -0.691 e. The van der Waals surface area contributed by atoms with E-state index in [9.17, 15) is 0 Å². The van der Waals surface area contributed by atoms with Gasteiger partial charge in [-0.1, -0.05) is 30.3 Å². The summed E-state index contributed by atoms with van der Waals surface area (Å²) in [5.41, 5.74) is 1.13. The zero-order valence-electron chi connectivity index (χ0n) is 7.21. The molecule has 0 aromatic heterocycles. The Kier molecular flexibility index (Phi) is 6.62. The van der Waals surface area contributed by atoms with Crippen molar-refractivity contribution >= 4 is 0 Å². The van der Waals surface area contributed by atoms with E-state index in [1.54, 1.807) is 0 Å². The van der Waals surface area contributed by atoms with E-state index in [0.29, 0.717) is 6.61 Å². The molecule has 0 saturated heterocycles. The Bertz CT molecular complexity index is 238. The third kappa shape index (κ3) is 4.26. The Morgan fingerprint density at radius 1 is 1.25 bits per heavy atom. The van der Waals surface area contributed by atoms with Crippen molar-refractivity contribution in [3.63, 3.8) is 0 Å². The van der Waals surface area contributed by atoms with Gasteiger partial charge in [-0.25, -0.2) is 0 Å². The van der Waals surface area contributed by atoms with Crippen LogP contribution in [0.4, 0.5) is 0 Å². The maximum absolute atomic E-state index is 6.59. The quantitative estimate of drug-likeness (QED) is 0.229. The smallest absolute Gasteiger partial charge is 0.691 e. The van der Waals surface area contributed by atoms with Crippen molar-refractivity contribution in [1.82, 2.24) is 0 Å². The van der Waals surface area contributed by atoms with Crippen LogP contribution in [0.5, 0.6) is 0 Å². The van der Waals surface area contributed by atoms with E-state index in [0.717, 1.165) is 5.56 Å². The van der Waals surface area contributed by atoms with Crippen LogP contribution in [0, 0.1) is 12.3 Å². The fourth-order valence-electron chi connectivity index (χ4n) is 0.794. The van der Waals surface area contributed by atoms with Crippen LogP contribution in [0.2, 0.25) is 0 Å². The molecule has 0 aliphatic rings. The Labute approximate surface area is 85.3 Å². The number of benzene rings is 1. The number of rotatable bonds is 3. The first-order valence-electron chi connectivity index (χ1n) is 3.45. The summed E-state index contributed by atoms with van der Waals surface area (Å²) in [5.74, 6) is 2.17. The summed E-state index contributed by atoms with van der Waals surface area (Å²) >= 11 is 0. The van der Waals surface area contributed by atoms with Gasteiger partial charge in [0.25, 0.3) is 0 Å². The number of hydrogen-bond acceptors (Lipinski definition) is 1. The van der Waals surface area contributed by atoms with Crippen LogP contribution >= 0.6 is 0 Å². The molecule has 0 aliphatic carbocycles. The van der Waals surface area contributed by atoms with E-state index >= 15 is 0 Å². The summed E-state index contributed by atoms with van der Waals surface area (Å²) in [7, 11) is 0. The normalized spacial score (nSPS) is 8.25. The second-order valence-corrected chi connectivity index (χ2v) is 2.16. The minimum absolute atomic E-state index is 0. The summed E-state index contributed by atoms with van der Waals surface area (Å²) in [4.78, 5) is 0. The second kappa shape index (κ2) is 7.01. The van der Waals surface area contributed by atoms with Crippen LogP contribution in [0.25, 0.3) is 0 Å². The Morgan fingerprint density at radius 2 is 1.92 bits per heavy atom. The van der Waals surface area contributed by atoms with Crippen molar-refractivity contribution in [2.24, 2.45) is 0 Å². The number of ether oxygens (including phenoxy) is 1. The molecule has 0 radical (unpaired) electrons. The maximum Gasteiger partial charge on any atom is 1.00 e. The van der Waals surface area contributed by atoms with Crippen molar-refractivity contribution in [3.8, 4) is 5.92 Å². The Hall–Kier alpha value is -0.663. The molecule has 1 nitrogen and oxygen atoms in total. The fourth-order valence-corrected chi connectivity index (χ4v) is 0.794. The van der Waals surface area contributed by atoms with Gasteiger partial charge in [-0.3, -0.25) is 0 Å². The molecular formula is C10H9LiO. The molecule has 1 aromatic rings. The van der Waals surface area contributed by atoms with Crippen LogP contribution in [-0.2, 0) is 11.3 Å². The van der Waals surface area contributed by atoms with Gasteiger partial charge < -0.3 is 17.1 Å². The van der Waals surface area contributed by atoms with Crippen molar-refractivity contribution in [3.05, 3.63) is 42.3 Å². The van der Waals surface area contributed by atoms with Gasteiger partial charge in [0, 0.05) is 0 Å². The molecule has 0 aliphatic heterocycles. The van der Waals surface area contributed by atoms with Gasteiger partial charge in [0.05, 0.1) is 13.2 Å². The molecule has 2 heteroatoms. The van der Waals surface area contributed by atoms with E-state index in [-0.39, 0.29) is 25.5 Å². The van der Waals surface area contributed by atoms with Crippen molar-refractivity contribution < 1.29 is 23.6 Å². The summed E-state index contributed by atoms with van der Waals surface area (Å²) in [5, 5.41) is 0. The third-order valence-electron chi connectivity index (χ3n) is 1.29. The van der Waals surface area contributed by atoms with E-state index < -0.39 is 0 Å². The molecule has 1 aromatic carbocycles. The average molecular weight is 152 g/mol. The van der Waals surface area contributed by atoms with Crippen molar-refractivity contribution in [2.45, 2.75) is 6.61 Å². The molecule has 0 amide bonds. The molecule has 0 unspecified atom stereocenters. The molecule has 0 fully saturated rings. The Morgan fingerprint density at radius 3 is 2.50 bits per heavy atom. The van der Waals surface area contributed by atoms with E-state index in [1.165, 1.54) is 0 Å². The second-order valence-electron chi connectivity index (χ2n) is 2.16. The average Bonchev–Trinajstić information content (AvgIpc) is 2.07. The van der Waals surface area contributed by atoms with Gasteiger partial charge in [-0.15, -0.1) is 0 Å². The van der Waals surface area contributed by atoms with Crippen molar-refractivity contribution in [1.29, 1.82) is 0 Å². The molecule has 1 rings (SSSR count). The predicted molar refractivity (Wildman–Crippen MR) is 43.2 cm³/mol. The van der Waals surface area contributed by atoms with Crippen molar-refractivity contribution in [2.75, 3.05) is 6.61 Å². The molecule has 12 heavy (non-hydrogen) atoms. The van der Waals surface area contributed by atoms with Crippen LogP contribution in [-0.4, -0.2) is 6.61 Å². The summed E-state index contributed by atoms with van der Waals surface area (Å²) in [6.07, 6.45) is 6.59. The number of hydrogen-bond donors (Lipinski definition) is 0. The monoisotopic (exact) mass is 152 g/mol. The van der Waals surface area contributed by atoms with Crippen LogP contribution in [0.1, 0.15) is 5.56 Å². The zero-order valence-corrected chi connectivity index (χ0v) is 7.21. The van der Waals surface area contributed by atoms with Gasteiger partial charge in [0.2, 0.25) is 0 Å². The summed E-state index contributed by atoms with van der Waals surface area (Å²) in [6, 6.07) is 9.87. The molecule has 0 heterocycles. The zero-order chi connectivity index (χ0) is 7.94. The molecule has 0 bridgehead atoms. The molecule has 0 saturated carbocycles. The first-order chi connectivity index (χ1) is 5.43. The molecule has 0 atom stereocenters. The first kappa shape index (κ1) is 11.3. The van der Waals surface area contributed by atoms with Crippen LogP contribution in [0.3, 0.4) is 0 Å². The fraction of sp³-hybridized carbons (Fsp3) is 0.200.